The number of aliphatic hydroxyl groups is 2. The number of rotatable bonds is 8. The first kappa shape index (κ1) is 15.7. The van der Waals surface area contributed by atoms with Gasteiger partial charge in [-0.2, -0.15) is 0 Å². The van der Waals surface area contributed by atoms with Crippen LogP contribution in [0, 0.1) is 0 Å². The molecule has 2 rings (SSSR count). The maximum absolute atomic E-state index is 9.48. The second kappa shape index (κ2) is 8.54. The van der Waals surface area contributed by atoms with Gasteiger partial charge < -0.3 is 10.2 Å². The Morgan fingerprint density at radius 1 is 0.667 bits per heavy atom. The Morgan fingerprint density at radius 2 is 1.05 bits per heavy atom. The summed E-state index contributed by atoms with van der Waals surface area (Å²) in [5, 5.41) is 25.5. The quantitative estimate of drug-likeness (QED) is 0.557. The molecule has 0 aliphatic rings. The molecule has 0 aliphatic heterocycles. The van der Waals surface area contributed by atoms with Crippen molar-refractivity contribution in [2.24, 2.45) is 0 Å². The van der Waals surface area contributed by atoms with Crippen molar-refractivity contribution in [1.82, 2.24) is 10.6 Å². The standard InChI is InChI=1S/C17H22N2O2/c20-11-16(14-7-3-1-4-8-14)18-13-19-17(12-21)15-9-5-2-6-10-15/h1-10,16-21H,11-13H2. The summed E-state index contributed by atoms with van der Waals surface area (Å²) in [4.78, 5) is 0. The Bertz CT molecular complexity index is 457. The highest BCUT2D eigenvalue weighted by Crippen LogP contribution is 2.13. The van der Waals surface area contributed by atoms with Crippen LogP contribution in [0.25, 0.3) is 0 Å². The molecule has 4 nitrogen and oxygen atoms in total. The van der Waals surface area contributed by atoms with Crippen LogP contribution >= 0.6 is 0 Å². The van der Waals surface area contributed by atoms with Crippen molar-refractivity contribution >= 4 is 0 Å². The first-order valence-electron chi connectivity index (χ1n) is 7.13. The van der Waals surface area contributed by atoms with Crippen molar-refractivity contribution in [3.05, 3.63) is 71.8 Å². The summed E-state index contributed by atoms with van der Waals surface area (Å²) < 4.78 is 0. The van der Waals surface area contributed by atoms with Crippen molar-refractivity contribution in [2.75, 3.05) is 19.9 Å². The molecule has 0 heterocycles. The molecule has 0 spiro atoms. The Kier molecular flexibility index (Phi) is 6.37. The van der Waals surface area contributed by atoms with E-state index >= 15 is 0 Å². The van der Waals surface area contributed by atoms with Gasteiger partial charge in [0, 0.05) is 6.67 Å². The van der Waals surface area contributed by atoms with Crippen molar-refractivity contribution in [2.45, 2.75) is 12.1 Å². The molecule has 0 fully saturated rings. The molecule has 0 bridgehead atoms. The molecule has 0 radical (unpaired) electrons. The molecule has 4 heteroatoms. The summed E-state index contributed by atoms with van der Waals surface area (Å²) in [5.74, 6) is 0. The fourth-order valence-corrected chi connectivity index (χ4v) is 2.25. The van der Waals surface area contributed by atoms with Crippen molar-refractivity contribution < 1.29 is 10.2 Å². The van der Waals surface area contributed by atoms with Crippen LogP contribution in [0.2, 0.25) is 0 Å². The van der Waals surface area contributed by atoms with Crippen molar-refractivity contribution in [3.63, 3.8) is 0 Å². The van der Waals surface area contributed by atoms with Crippen molar-refractivity contribution in [1.29, 1.82) is 0 Å². The van der Waals surface area contributed by atoms with E-state index in [0.29, 0.717) is 6.67 Å². The normalized spacial score (nSPS) is 13.8. The van der Waals surface area contributed by atoms with Crippen LogP contribution in [-0.4, -0.2) is 30.1 Å². The van der Waals surface area contributed by atoms with Gasteiger partial charge in [-0.1, -0.05) is 60.7 Å². The Labute approximate surface area is 125 Å². The molecule has 4 N–H and O–H groups in total. The van der Waals surface area contributed by atoms with Gasteiger partial charge in [-0.3, -0.25) is 10.6 Å². The van der Waals surface area contributed by atoms with Crippen LogP contribution in [0.5, 0.6) is 0 Å². The zero-order valence-electron chi connectivity index (χ0n) is 11.9. The summed E-state index contributed by atoms with van der Waals surface area (Å²) in [5.41, 5.74) is 2.09. The van der Waals surface area contributed by atoms with Crippen LogP contribution < -0.4 is 10.6 Å². The predicted octanol–water partition coefficient (Wildman–Crippen LogP) is 1.59. The minimum Gasteiger partial charge on any atom is -0.394 e. The number of hydrogen-bond donors (Lipinski definition) is 4. The van der Waals surface area contributed by atoms with Gasteiger partial charge in [-0.15, -0.1) is 0 Å². The highest BCUT2D eigenvalue weighted by molar-refractivity contribution is 5.20. The van der Waals surface area contributed by atoms with Crippen LogP contribution in [0.4, 0.5) is 0 Å². The van der Waals surface area contributed by atoms with E-state index in [2.05, 4.69) is 10.6 Å². The predicted molar refractivity (Wildman–Crippen MR) is 83.7 cm³/mol. The lowest BCUT2D eigenvalue weighted by Crippen LogP contribution is -2.37. The molecule has 112 valence electrons. The average Bonchev–Trinajstić information content (AvgIpc) is 2.57. The molecule has 0 saturated heterocycles. The first-order valence-corrected chi connectivity index (χ1v) is 7.13. The lowest BCUT2D eigenvalue weighted by atomic mass is 10.1. The number of hydrogen-bond acceptors (Lipinski definition) is 4. The van der Waals surface area contributed by atoms with Gasteiger partial charge >= 0.3 is 0 Å². The number of aliphatic hydroxyl groups excluding tert-OH is 2. The van der Waals surface area contributed by atoms with E-state index in [9.17, 15) is 10.2 Å². The van der Waals surface area contributed by atoms with E-state index in [1.54, 1.807) is 0 Å². The molecule has 0 aromatic heterocycles. The van der Waals surface area contributed by atoms with E-state index in [0.717, 1.165) is 11.1 Å². The topological polar surface area (TPSA) is 64.5 Å². The minimum absolute atomic E-state index is 0.0286. The van der Waals surface area contributed by atoms with Gasteiger partial charge in [0.15, 0.2) is 0 Å². The Balaban J connectivity index is 1.87. The maximum Gasteiger partial charge on any atom is 0.0626 e. The first-order chi connectivity index (χ1) is 10.3. The Morgan fingerprint density at radius 3 is 1.38 bits per heavy atom. The van der Waals surface area contributed by atoms with E-state index in [1.807, 2.05) is 60.7 Å². The van der Waals surface area contributed by atoms with Gasteiger partial charge in [0.2, 0.25) is 0 Å². The fraction of sp³-hybridized carbons (Fsp3) is 0.294. The zero-order chi connectivity index (χ0) is 14.9. The molecular weight excluding hydrogens is 264 g/mol. The third kappa shape index (κ3) is 4.65. The second-order valence-corrected chi connectivity index (χ2v) is 4.88. The fourth-order valence-electron chi connectivity index (χ4n) is 2.25. The average molecular weight is 286 g/mol. The molecule has 2 aromatic carbocycles. The maximum atomic E-state index is 9.48. The van der Waals surface area contributed by atoms with Crippen LogP contribution in [0.3, 0.4) is 0 Å². The number of nitrogens with one attached hydrogen (secondary N) is 2. The third-order valence-corrected chi connectivity index (χ3v) is 3.47. The molecule has 2 atom stereocenters. The SMILES string of the molecule is OCC(NCNC(CO)c1ccccc1)c1ccccc1. The molecule has 0 aliphatic carbocycles. The van der Waals surface area contributed by atoms with Gasteiger partial charge in [0.1, 0.15) is 0 Å². The summed E-state index contributed by atoms with van der Waals surface area (Å²) in [6.45, 7) is 0.557. The highest BCUT2D eigenvalue weighted by atomic mass is 16.3. The van der Waals surface area contributed by atoms with Gasteiger partial charge in [-0.25, -0.2) is 0 Å². The van der Waals surface area contributed by atoms with E-state index < -0.39 is 0 Å². The summed E-state index contributed by atoms with van der Waals surface area (Å²) in [7, 11) is 0. The monoisotopic (exact) mass is 286 g/mol. The van der Waals surface area contributed by atoms with Crippen LogP contribution in [0.15, 0.2) is 60.7 Å². The van der Waals surface area contributed by atoms with E-state index in [4.69, 9.17) is 0 Å². The number of benzene rings is 2. The van der Waals surface area contributed by atoms with E-state index in [1.165, 1.54) is 0 Å². The van der Waals surface area contributed by atoms with E-state index in [-0.39, 0.29) is 25.3 Å². The zero-order valence-corrected chi connectivity index (χ0v) is 11.9. The lowest BCUT2D eigenvalue weighted by molar-refractivity contribution is 0.222. The molecule has 0 saturated carbocycles. The molecule has 0 amide bonds. The molecule has 2 aromatic rings. The highest BCUT2D eigenvalue weighted by Gasteiger charge is 2.12. The summed E-state index contributed by atoms with van der Waals surface area (Å²) >= 11 is 0. The molecule has 21 heavy (non-hydrogen) atoms. The molecular formula is C17H22N2O2. The Hall–Kier alpha value is -1.72. The van der Waals surface area contributed by atoms with Crippen LogP contribution in [0.1, 0.15) is 23.2 Å². The van der Waals surface area contributed by atoms with Crippen LogP contribution in [-0.2, 0) is 0 Å². The summed E-state index contributed by atoms with van der Waals surface area (Å²) in [6, 6.07) is 19.4. The second-order valence-electron chi connectivity index (χ2n) is 4.88. The smallest absolute Gasteiger partial charge is 0.0626 e. The van der Waals surface area contributed by atoms with Gasteiger partial charge in [0.25, 0.3) is 0 Å². The van der Waals surface area contributed by atoms with Gasteiger partial charge in [-0.05, 0) is 11.1 Å². The third-order valence-electron chi connectivity index (χ3n) is 3.47. The summed E-state index contributed by atoms with van der Waals surface area (Å²) in [6.07, 6.45) is 0. The lowest BCUT2D eigenvalue weighted by Gasteiger charge is -2.21. The molecule has 2 unspecified atom stereocenters. The van der Waals surface area contributed by atoms with Crippen molar-refractivity contribution in [3.8, 4) is 0 Å². The minimum atomic E-state index is -0.117. The largest absolute Gasteiger partial charge is 0.394 e. The van der Waals surface area contributed by atoms with Gasteiger partial charge in [0.05, 0.1) is 25.3 Å².